The Labute approximate surface area is 165 Å². The maximum absolute atomic E-state index is 12.6. The third-order valence-electron chi connectivity index (χ3n) is 4.07. The molecule has 0 fully saturated rings. The second kappa shape index (κ2) is 10.3. The molecule has 0 aliphatic rings. The molecule has 0 spiro atoms. The van der Waals surface area contributed by atoms with Gasteiger partial charge in [-0.3, -0.25) is 4.79 Å². The summed E-state index contributed by atoms with van der Waals surface area (Å²) < 4.78 is 26.9. The van der Waals surface area contributed by atoms with Crippen LogP contribution >= 0.6 is 0 Å². The van der Waals surface area contributed by atoms with Gasteiger partial charge in [-0.1, -0.05) is 13.0 Å². The van der Waals surface area contributed by atoms with Crippen LogP contribution in [0.15, 0.2) is 30.3 Å². The first kappa shape index (κ1) is 21.2. The van der Waals surface area contributed by atoms with Gasteiger partial charge in [0, 0.05) is 12.1 Å². The van der Waals surface area contributed by atoms with Gasteiger partial charge in [0.05, 0.1) is 35.0 Å². The Kier molecular flexibility index (Phi) is 7.80. The van der Waals surface area contributed by atoms with Gasteiger partial charge in [-0.25, -0.2) is 0 Å². The maximum Gasteiger partial charge on any atom is 0.251 e. The Hall–Kier alpha value is -3.09. The summed E-state index contributed by atoms with van der Waals surface area (Å²) in [5.74, 6) is 2.34. The number of carbonyl (C=O) groups is 1. The summed E-state index contributed by atoms with van der Waals surface area (Å²) in [7, 11) is 6.12. The minimum Gasteiger partial charge on any atom is -0.493 e. The van der Waals surface area contributed by atoms with Gasteiger partial charge in [-0.15, -0.1) is 0 Å². The Morgan fingerprint density at radius 1 is 0.857 bits per heavy atom. The summed E-state index contributed by atoms with van der Waals surface area (Å²) in [5, 5.41) is 2.88. The molecule has 2 aromatic rings. The Balaban J connectivity index is 2.13. The molecule has 0 aliphatic heterocycles. The molecule has 2 aromatic carbocycles. The number of carbonyl (C=O) groups excluding carboxylic acids is 1. The molecule has 0 bridgehead atoms. The normalized spacial score (nSPS) is 10.2. The number of ether oxygens (including phenoxy) is 5. The van der Waals surface area contributed by atoms with Crippen molar-refractivity contribution in [1.82, 2.24) is 5.32 Å². The first-order valence-electron chi connectivity index (χ1n) is 8.95. The van der Waals surface area contributed by atoms with Crippen LogP contribution in [-0.2, 0) is 6.54 Å². The van der Waals surface area contributed by atoms with E-state index >= 15 is 0 Å². The van der Waals surface area contributed by atoms with Crippen molar-refractivity contribution in [3.8, 4) is 28.7 Å². The molecule has 0 unspecified atom stereocenters. The van der Waals surface area contributed by atoms with Crippen molar-refractivity contribution in [3.63, 3.8) is 0 Å². The maximum atomic E-state index is 12.6. The summed E-state index contributed by atoms with van der Waals surface area (Å²) in [6.45, 7) is 2.99. The van der Waals surface area contributed by atoms with Crippen LogP contribution in [0.3, 0.4) is 0 Å². The number of rotatable bonds is 10. The van der Waals surface area contributed by atoms with Gasteiger partial charge in [0.2, 0.25) is 5.75 Å². The lowest BCUT2D eigenvalue weighted by Crippen LogP contribution is -2.23. The van der Waals surface area contributed by atoms with Crippen LogP contribution in [0, 0.1) is 0 Å². The van der Waals surface area contributed by atoms with Gasteiger partial charge in [-0.05, 0) is 36.2 Å². The number of benzene rings is 2. The second-order valence-electron chi connectivity index (χ2n) is 5.93. The molecule has 2 rings (SSSR count). The first-order valence-corrected chi connectivity index (χ1v) is 8.95. The van der Waals surface area contributed by atoms with E-state index in [0.717, 1.165) is 12.0 Å². The summed E-state index contributed by atoms with van der Waals surface area (Å²) in [6.07, 6.45) is 0.912. The molecule has 7 nitrogen and oxygen atoms in total. The quantitative estimate of drug-likeness (QED) is 0.671. The minimum absolute atomic E-state index is 0.260. The number of amides is 1. The highest BCUT2D eigenvalue weighted by atomic mass is 16.5. The highest BCUT2D eigenvalue weighted by Gasteiger charge is 2.17. The Bertz CT molecular complexity index is 780. The molecule has 152 valence electrons. The number of nitrogens with one attached hydrogen (secondary N) is 1. The lowest BCUT2D eigenvalue weighted by Gasteiger charge is -2.14. The zero-order valence-corrected chi connectivity index (χ0v) is 17.0. The molecule has 0 saturated heterocycles. The second-order valence-corrected chi connectivity index (χ2v) is 5.93. The van der Waals surface area contributed by atoms with Gasteiger partial charge < -0.3 is 29.0 Å². The summed E-state index contributed by atoms with van der Waals surface area (Å²) in [4.78, 5) is 12.6. The van der Waals surface area contributed by atoms with Crippen molar-refractivity contribution in [2.75, 3.05) is 35.0 Å². The van der Waals surface area contributed by atoms with Crippen molar-refractivity contribution in [3.05, 3.63) is 41.5 Å². The van der Waals surface area contributed by atoms with Crippen LogP contribution < -0.4 is 29.0 Å². The smallest absolute Gasteiger partial charge is 0.251 e. The molecule has 0 radical (unpaired) electrons. The fourth-order valence-corrected chi connectivity index (χ4v) is 2.65. The summed E-state index contributed by atoms with van der Waals surface area (Å²) >= 11 is 0. The average Bonchev–Trinajstić information content (AvgIpc) is 2.74. The third-order valence-corrected chi connectivity index (χ3v) is 4.07. The van der Waals surface area contributed by atoms with Gasteiger partial charge in [0.15, 0.2) is 23.0 Å². The molecule has 28 heavy (non-hydrogen) atoms. The molecule has 0 aliphatic carbocycles. The van der Waals surface area contributed by atoms with Crippen molar-refractivity contribution < 1.29 is 28.5 Å². The van der Waals surface area contributed by atoms with Crippen molar-refractivity contribution in [1.29, 1.82) is 0 Å². The largest absolute Gasteiger partial charge is 0.493 e. The number of hydrogen-bond donors (Lipinski definition) is 1. The van der Waals surface area contributed by atoms with E-state index in [1.807, 2.05) is 25.1 Å². The number of methoxy groups -OCH3 is 4. The summed E-state index contributed by atoms with van der Waals surface area (Å²) in [5.41, 5.74) is 1.30. The van der Waals surface area contributed by atoms with Crippen molar-refractivity contribution in [2.24, 2.45) is 0 Å². The Morgan fingerprint density at radius 2 is 1.50 bits per heavy atom. The van der Waals surface area contributed by atoms with Crippen LogP contribution in [0.2, 0.25) is 0 Å². The predicted octanol–water partition coefficient (Wildman–Crippen LogP) is 3.44. The standard InChI is InChI=1S/C21H27NO6/c1-6-9-28-16-8-7-14(10-17(16)24-2)13-22-21(23)15-11-18(25-3)20(27-5)19(12-15)26-4/h7-8,10-12H,6,9,13H2,1-5H3,(H,22,23). The van der Waals surface area contributed by atoms with Crippen LogP contribution in [0.1, 0.15) is 29.3 Å². The molecule has 0 saturated carbocycles. The molecule has 0 heterocycles. The van der Waals surface area contributed by atoms with Gasteiger partial charge in [0.1, 0.15) is 0 Å². The highest BCUT2D eigenvalue weighted by Crippen LogP contribution is 2.38. The van der Waals surface area contributed by atoms with Crippen LogP contribution in [-0.4, -0.2) is 41.0 Å². The van der Waals surface area contributed by atoms with Gasteiger partial charge in [-0.2, -0.15) is 0 Å². The van der Waals surface area contributed by atoms with Crippen LogP contribution in [0.5, 0.6) is 28.7 Å². The molecular weight excluding hydrogens is 362 g/mol. The fraction of sp³-hybridized carbons (Fsp3) is 0.381. The first-order chi connectivity index (χ1) is 13.6. The molecular formula is C21H27NO6. The number of hydrogen-bond acceptors (Lipinski definition) is 6. The van der Waals surface area contributed by atoms with Crippen molar-refractivity contribution >= 4 is 5.91 Å². The highest BCUT2D eigenvalue weighted by molar-refractivity contribution is 5.95. The molecule has 1 amide bonds. The van der Waals surface area contributed by atoms with Gasteiger partial charge in [0.25, 0.3) is 5.91 Å². The monoisotopic (exact) mass is 389 g/mol. The minimum atomic E-state index is -0.260. The molecule has 0 atom stereocenters. The van der Waals surface area contributed by atoms with E-state index in [2.05, 4.69) is 5.32 Å². The molecule has 7 heteroatoms. The topological polar surface area (TPSA) is 75.3 Å². The lowest BCUT2D eigenvalue weighted by atomic mass is 10.1. The van der Waals surface area contributed by atoms with E-state index < -0.39 is 0 Å². The Morgan fingerprint density at radius 3 is 2.04 bits per heavy atom. The predicted molar refractivity (Wildman–Crippen MR) is 106 cm³/mol. The third kappa shape index (κ3) is 5.00. The lowest BCUT2D eigenvalue weighted by molar-refractivity contribution is 0.0950. The SMILES string of the molecule is CCCOc1ccc(CNC(=O)c2cc(OC)c(OC)c(OC)c2)cc1OC. The van der Waals surface area contributed by atoms with E-state index in [1.54, 1.807) is 19.2 Å². The van der Waals surface area contributed by atoms with E-state index in [1.165, 1.54) is 21.3 Å². The fourth-order valence-electron chi connectivity index (χ4n) is 2.65. The summed E-state index contributed by atoms with van der Waals surface area (Å²) in [6, 6.07) is 8.80. The van der Waals surface area contributed by atoms with Crippen molar-refractivity contribution in [2.45, 2.75) is 19.9 Å². The zero-order chi connectivity index (χ0) is 20.5. The van der Waals surface area contributed by atoms with E-state index in [-0.39, 0.29) is 5.91 Å². The van der Waals surface area contributed by atoms with E-state index in [9.17, 15) is 4.79 Å². The van der Waals surface area contributed by atoms with E-state index in [0.29, 0.717) is 47.5 Å². The van der Waals surface area contributed by atoms with Crippen LogP contribution in [0.4, 0.5) is 0 Å². The average molecular weight is 389 g/mol. The molecule has 1 N–H and O–H groups in total. The zero-order valence-electron chi connectivity index (χ0n) is 17.0. The molecule has 0 aromatic heterocycles. The van der Waals surface area contributed by atoms with Crippen LogP contribution in [0.25, 0.3) is 0 Å². The van der Waals surface area contributed by atoms with Gasteiger partial charge >= 0.3 is 0 Å². The van der Waals surface area contributed by atoms with E-state index in [4.69, 9.17) is 23.7 Å².